The summed E-state index contributed by atoms with van der Waals surface area (Å²) in [5.74, 6) is -1.06. The standard InChI is InChI=1S/C17H20N4O4/c1-12-15(19-25-18-12)11-20-6-8-21(9-7-20)16(22)10-13-4-2-3-5-14(13)17(23)24/h2-5H,6-11H2,1H3,(H,23,24). The number of amides is 1. The van der Waals surface area contributed by atoms with Gasteiger partial charge in [0.05, 0.1) is 12.0 Å². The minimum Gasteiger partial charge on any atom is -0.478 e. The summed E-state index contributed by atoms with van der Waals surface area (Å²) in [4.78, 5) is 27.7. The number of aromatic nitrogens is 2. The van der Waals surface area contributed by atoms with Gasteiger partial charge in [-0.3, -0.25) is 9.69 Å². The van der Waals surface area contributed by atoms with Crippen molar-refractivity contribution in [2.24, 2.45) is 0 Å². The lowest BCUT2D eigenvalue weighted by Crippen LogP contribution is -2.48. The maximum absolute atomic E-state index is 12.5. The van der Waals surface area contributed by atoms with E-state index in [1.807, 2.05) is 6.92 Å². The molecule has 0 atom stereocenters. The lowest BCUT2D eigenvalue weighted by Gasteiger charge is -2.34. The number of hydrogen-bond donors (Lipinski definition) is 1. The molecule has 1 aliphatic rings. The number of aryl methyl sites for hydroxylation is 1. The highest BCUT2D eigenvalue weighted by Gasteiger charge is 2.23. The van der Waals surface area contributed by atoms with Crippen molar-refractivity contribution in [1.29, 1.82) is 0 Å². The van der Waals surface area contributed by atoms with Crippen molar-refractivity contribution in [3.8, 4) is 0 Å². The number of benzene rings is 1. The number of aromatic carboxylic acids is 1. The van der Waals surface area contributed by atoms with Gasteiger partial charge >= 0.3 is 5.97 Å². The van der Waals surface area contributed by atoms with Crippen molar-refractivity contribution >= 4 is 11.9 Å². The number of carbonyl (C=O) groups excluding carboxylic acids is 1. The Balaban J connectivity index is 1.55. The molecule has 2 aromatic rings. The Morgan fingerprint density at radius 2 is 1.88 bits per heavy atom. The van der Waals surface area contributed by atoms with Gasteiger partial charge in [0.25, 0.3) is 0 Å². The Morgan fingerprint density at radius 3 is 2.52 bits per heavy atom. The second kappa shape index (κ2) is 7.43. The van der Waals surface area contributed by atoms with E-state index < -0.39 is 5.97 Å². The van der Waals surface area contributed by atoms with E-state index in [0.717, 1.165) is 24.5 Å². The topological polar surface area (TPSA) is 99.8 Å². The highest BCUT2D eigenvalue weighted by atomic mass is 16.6. The minimum absolute atomic E-state index is 0.0485. The highest BCUT2D eigenvalue weighted by molar-refractivity contribution is 5.91. The zero-order valence-electron chi connectivity index (χ0n) is 14.0. The van der Waals surface area contributed by atoms with Crippen LogP contribution in [0, 0.1) is 6.92 Å². The summed E-state index contributed by atoms with van der Waals surface area (Å²) < 4.78 is 4.70. The molecule has 1 saturated heterocycles. The molecule has 1 fully saturated rings. The van der Waals surface area contributed by atoms with Crippen molar-refractivity contribution in [3.63, 3.8) is 0 Å². The molecule has 3 rings (SSSR count). The SMILES string of the molecule is Cc1nonc1CN1CCN(C(=O)Cc2ccccc2C(=O)O)CC1. The van der Waals surface area contributed by atoms with Gasteiger partial charge in [0.2, 0.25) is 5.91 Å². The molecule has 1 amide bonds. The third-order valence-corrected chi connectivity index (χ3v) is 4.43. The number of carbonyl (C=O) groups is 2. The van der Waals surface area contributed by atoms with Crippen LogP contribution in [0.2, 0.25) is 0 Å². The molecule has 8 heteroatoms. The van der Waals surface area contributed by atoms with Crippen LogP contribution in [0.4, 0.5) is 0 Å². The van der Waals surface area contributed by atoms with E-state index in [1.54, 1.807) is 23.1 Å². The van der Waals surface area contributed by atoms with E-state index in [2.05, 4.69) is 15.2 Å². The van der Waals surface area contributed by atoms with Gasteiger partial charge in [-0.1, -0.05) is 28.5 Å². The van der Waals surface area contributed by atoms with Gasteiger partial charge in [-0.15, -0.1) is 0 Å². The van der Waals surface area contributed by atoms with Crippen LogP contribution in [-0.4, -0.2) is 63.3 Å². The molecule has 1 N–H and O–H groups in total. The van der Waals surface area contributed by atoms with Crippen molar-refractivity contribution < 1.29 is 19.3 Å². The number of hydrogen-bond acceptors (Lipinski definition) is 6. The van der Waals surface area contributed by atoms with Gasteiger partial charge in [-0.2, -0.15) is 0 Å². The first-order valence-corrected chi connectivity index (χ1v) is 8.14. The fraction of sp³-hybridized carbons (Fsp3) is 0.412. The first kappa shape index (κ1) is 17.1. The predicted octanol–water partition coefficient (Wildman–Crippen LogP) is 0.963. The molecule has 132 valence electrons. The van der Waals surface area contributed by atoms with Crippen molar-refractivity contribution in [2.75, 3.05) is 26.2 Å². The Labute approximate surface area is 145 Å². The van der Waals surface area contributed by atoms with E-state index in [0.29, 0.717) is 25.2 Å². The summed E-state index contributed by atoms with van der Waals surface area (Å²) in [6, 6.07) is 6.63. The molecule has 1 aliphatic heterocycles. The maximum atomic E-state index is 12.5. The van der Waals surface area contributed by atoms with E-state index in [9.17, 15) is 14.7 Å². The fourth-order valence-electron chi connectivity index (χ4n) is 2.92. The average molecular weight is 344 g/mol. The van der Waals surface area contributed by atoms with Gasteiger partial charge in [-0.25, -0.2) is 9.42 Å². The largest absolute Gasteiger partial charge is 0.478 e. The second-order valence-corrected chi connectivity index (χ2v) is 6.09. The monoisotopic (exact) mass is 344 g/mol. The zero-order valence-corrected chi connectivity index (χ0v) is 14.0. The quantitative estimate of drug-likeness (QED) is 0.862. The molecule has 0 aliphatic carbocycles. The number of carboxylic acids is 1. The van der Waals surface area contributed by atoms with Crippen molar-refractivity contribution in [3.05, 3.63) is 46.8 Å². The lowest BCUT2D eigenvalue weighted by atomic mass is 10.0. The molecule has 0 radical (unpaired) electrons. The molecule has 25 heavy (non-hydrogen) atoms. The summed E-state index contributed by atoms with van der Waals surface area (Å²) in [6.07, 6.45) is 0.106. The lowest BCUT2D eigenvalue weighted by molar-refractivity contribution is -0.132. The molecule has 8 nitrogen and oxygen atoms in total. The van der Waals surface area contributed by atoms with Crippen LogP contribution < -0.4 is 0 Å². The molecule has 0 saturated carbocycles. The molecule has 2 heterocycles. The van der Waals surface area contributed by atoms with E-state index in [1.165, 1.54) is 6.07 Å². The van der Waals surface area contributed by atoms with Crippen LogP contribution in [0.25, 0.3) is 0 Å². The number of rotatable bonds is 5. The average Bonchev–Trinajstić information content (AvgIpc) is 3.00. The van der Waals surface area contributed by atoms with Crippen LogP contribution in [0.1, 0.15) is 27.3 Å². The molecule has 1 aromatic heterocycles. The highest BCUT2D eigenvalue weighted by Crippen LogP contribution is 2.13. The Hall–Kier alpha value is -2.74. The molecule has 0 bridgehead atoms. The summed E-state index contributed by atoms with van der Waals surface area (Å²) in [5.41, 5.74) is 2.33. The zero-order chi connectivity index (χ0) is 17.8. The molecular weight excluding hydrogens is 324 g/mol. The second-order valence-electron chi connectivity index (χ2n) is 6.09. The summed E-state index contributed by atoms with van der Waals surface area (Å²) in [7, 11) is 0. The Morgan fingerprint density at radius 1 is 1.16 bits per heavy atom. The van der Waals surface area contributed by atoms with Crippen LogP contribution in [0.5, 0.6) is 0 Å². The number of nitrogens with zero attached hydrogens (tertiary/aromatic N) is 4. The summed E-state index contributed by atoms with van der Waals surface area (Å²) in [6.45, 7) is 5.19. The normalized spacial score (nSPS) is 15.3. The van der Waals surface area contributed by atoms with Gasteiger partial charge in [0.1, 0.15) is 11.4 Å². The van der Waals surface area contributed by atoms with Gasteiger partial charge < -0.3 is 10.0 Å². The maximum Gasteiger partial charge on any atom is 0.335 e. The third kappa shape index (κ3) is 4.03. The first-order chi connectivity index (χ1) is 12.0. The smallest absolute Gasteiger partial charge is 0.335 e. The molecule has 0 unspecified atom stereocenters. The van der Waals surface area contributed by atoms with Crippen LogP contribution in [0.15, 0.2) is 28.9 Å². The number of piperazine rings is 1. The van der Waals surface area contributed by atoms with E-state index in [-0.39, 0.29) is 17.9 Å². The fourth-order valence-corrected chi connectivity index (χ4v) is 2.92. The Bertz CT molecular complexity index is 766. The first-order valence-electron chi connectivity index (χ1n) is 8.14. The third-order valence-electron chi connectivity index (χ3n) is 4.43. The van der Waals surface area contributed by atoms with Crippen molar-refractivity contribution in [2.45, 2.75) is 19.9 Å². The van der Waals surface area contributed by atoms with Gasteiger partial charge in [-0.05, 0) is 18.6 Å². The van der Waals surface area contributed by atoms with Gasteiger partial charge in [0, 0.05) is 32.7 Å². The summed E-state index contributed by atoms with van der Waals surface area (Å²) >= 11 is 0. The molecule has 0 spiro atoms. The van der Waals surface area contributed by atoms with Crippen LogP contribution in [-0.2, 0) is 17.8 Å². The van der Waals surface area contributed by atoms with Crippen molar-refractivity contribution in [1.82, 2.24) is 20.1 Å². The Kier molecular flexibility index (Phi) is 5.08. The summed E-state index contributed by atoms with van der Waals surface area (Å²) in [5, 5.41) is 16.9. The molecular formula is C17H20N4O4. The predicted molar refractivity (Wildman–Crippen MR) is 88.0 cm³/mol. The van der Waals surface area contributed by atoms with E-state index in [4.69, 9.17) is 4.63 Å². The van der Waals surface area contributed by atoms with Gasteiger partial charge in [0.15, 0.2) is 0 Å². The van der Waals surface area contributed by atoms with Crippen LogP contribution >= 0.6 is 0 Å². The number of carboxylic acid groups (broad SMARTS) is 1. The molecule has 1 aromatic carbocycles. The van der Waals surface area contributed by atoms with E-state index >= 15 is 0 Å². The minimum atomic E-state index is -1.01. The van der Waals surface area contributed by atoms with Crippen LogP contribution in [0.3, 0.4) is 0 Å².